The molecule has 3 amide bonds. The van der Waals surface area contributed by atoms with Gasteiger partial charge in [-0.2, -0.15) is 0 Å². The average molecular weight is 688 g/mol. The number of carbonyl (C=O) groups is 5. The average Bonchev–Trinajstić information content (AvgIpc) is 3.40. The molecule has 0 fully saturated rings. The molecule has 1 aliphatic heterocycles. The number of amides is 3. The van der Waals surface area contributed by atoms with Gasteiger partial charge >= 0.3 is 18.2 Å². The molecule has 1 atom stereocenters. The number of fused-ring (bicyclic) bond motifs is 1. The number of Topliss-reactive ketones (excluding diaryl/α,β-unsaturated/α-hetero) is 1. The summed E-state index contributed by atoms with van der Waals surface area (Å²) in [6.07, 6.45) is 2.06. The maximum absolute atomic E-state index is 13.4. The summed E-state index contributed by atoms with van der Waals surface area (Å²) in [4.78, 5) is 64.2. The zero-order valence-electron chi connectivity index (χ0n) is 28.0. The Morgan fingerprint density at radius 2 is 1.59 bits per heavy atom. The number of allylic oxidation sites excluding steroid dienone is 1. The van der Waals surface area contributed by atoms with Crippen LogP contribution < -0.4 is 16.0 Å². The van der Waals surface area contributed by atoms with Crippen molar-refractivity contribution in [2.45, 2.75) is 69.7 Å². The van der Waals surface area contributed by atoms with Crippen LogP contribution in [0.25, 0.3) is 6.08 Å². The van der Waals surface area contributed by atoms with E-state index in [1.165, 1.54) is 18.9 Å². The van der Waals surface area contributed by atoms with E-state index in [2.05, 4.69) is 16.0 Å². The number of alkyl carbamates (subject to hydrolysis) is 2. The molecule has 0 aliphatic carbocycles. The topological polar surface area (TPSA) is 149 Å². The Balaban J connectivity index is 1.30. The summed E-state index contributed by atoms with van der Waals surface area (Å²) in [5, 5.41) is 8.16. The van der Waals surface area contributed by atoms with Crippen molar-refractivity contribution in [3.8, 4) is 0 Å². The minimum Gasteiger partial charge on any atom is -0.467 e. The highest BCUT2D eigenvalue weighted by atomic mass is 32.2. The van der Waals surface area contributed by atoms with Crippen LogP contribution in [0.2, 0.25) is 0 Å². The first-order valence-electron chi connectivity index (χ1n) is 15.9. The molecular formula is C37H41N3O8S. The number of ether oxygens (including phenoxy) is 3. The molecule has 3 aromatic carbocycles. The number of benzene rings is 3. The van der Waals surface area contributed by atoms with Crippen molar-refractivity contribution in [3.05, 3.63) is 106 Å². The number of hydrogen-bond donors (Lipinski definition) is 3. The zero-order valence-corrected chi connectivity index (χ0v) is 28.8. The normalized spacial score (nSPS) is 13.6. The minimum atomic E-state index is -0.918. The first kappa shape index (κ1) is 36.7. The van der Waals surface area contributed by atoms with Gasteiger partial charge in [0.1, 0.15) is 18.2 Å². The second-order valence-corrected chi connectivity index (χ2v) is 13.3. The van der Waals surface area contributed by atoms with Crippen LogP contribution in [-0.4, -0.2) is 55.1 Å². The standard InChI is InChI=1S/C37H41N3O8S/c1-37(2,3)48-36(45)39-22-25-18-16-24(17-19-25)21-30-31(41)27-13-10-14-28(32(27)49-30)33(42)40-29(34(43)46-4)15-8-9-20-38-35(44)47-23-26-11-6-5-7-12-26/h5-7,10-14,16-19,21,29H,8-9,15,20,22-23H2,1-4H3,(H,38,44)(H,39,45)(H,40,42)/b30-21-/t29-/m0/s1. The predicted molar refractivity (Wildman–Crippen MR) is 186 cm³/mol. The summed E-state index contributed by atoms with van der Waals surface area (Å²) < 4.78 is 15.4. The molecule has 12 heteroatoms. The molecule has 4 rings (SSSR count). The van der Waals surface area contributed by atoms with Crippen molar-refractivity contribution in [1.82, 2.24) is 16.0 Å². The lowest BCUT2D eigenvalue weighted by Crippen LogP contribution is -2.41. The highest BCUT2D eigenvalue weighted by Gasteiger charge is 2.31. The molecule has 1 aliphatic rings. The van der Waals surface area contributed by atoms with E-state index < -0.39 is 35.7 Å². The molecule has 0 aromatic heterocycles. The van der Waals surface area contributed by atoms with Gasteiger partial charge in [0.05, 0.1) is 17.6 Å². The van der Waals surface area contributed by atoms with E-state index in [-0.39, 0.29) is 30.9 Å². The summed E-state index contributed by atoms with van der Waals surface area (Å²) in [7, 11) is 1.25. The molecule has 0 bridgehead atoms. The van der Waals surface area contributed by atoms with Crippen LogP contribution in [0, 0.1) is 0 Å². The van der Waals surface area contributed by atoms with Crippen molar-refractivity contribution >= 4 is 47.7 Å². The number of carbonyl (C=O) groups excluding carboxylic acids is 5. The Morgan fingerprint density at radius 1 is 0.857 bits per heavy atom. The van der Waals surface area contributed by atoms with Crippen molar-refractivity contribution < 1.29 is 38.2 Å². The van der Waals surface area contributed by atoms with Gasteiger partial charge in [-0.3, -0.25) is 9.59 Å². The quantitative estimate of drug-likeness (QED) is 0.0802. The Labute approximate surface area is 290 Å². The van der Waals surface area contributed by atoms with Crippen LogP contribution in [0.5, 0.6) is 0 Å². The third-order valence-corrected chi connectivity index (χ3v) is 8.41. The largest absolute Gasteiger partial charge is 0.467 e. The summed E-state index contributed by atoms with van der Waals surface area (Å²) in [5.41, 5.74) is 2.61. The van der Waals surface area contributed by atoms with Crippen molar-refractivity contribution in [2.75, 3.05) is 13.7 Å². The summed E-state index contributed by atoms with van der Waals surface area (Å²) >= 11 is 1.20. The highest BCUT2D eigenvalue weighted by molar-refractivity contribution is 8.05. The first-order valence-corrected chi connectivity index (χ1v) is 16.7. The molecule has 0 unspecified atom stereocenters. The van der Waals surface area contributed by atoms with E-state index in [0.29, 0.717) is 34.8 Å². The Kier molecular flexibility index (Phi) is 13.0. The molecule has 3 aromatic rings. The molecule has 1 heterocycles. The lowest BCUT2D eigenvalue weighted by atomic mass is 10.0. The van der Waals surface area contributed by atoms with Gasteiger partial charge in [-0.1, -0.05) is 72.4 Å². The predicted octanol–water partition coefficient (Wildman–Crippen LogP) is 6.41. The van der Waals surface area contributed by atoms with Crippen LogP contribution in [0.15, 0.2) is 82.6 Å². The van der Waals surface area contributed by atoms with E-state index in [9.17, 15) is 24.0 Å². The molecule has 0 radical (unpaired) electrons. The fraction of sp³-hybridized carbons (Fsp3) is 0.324. The molecular weight excluding hydrogens is 646 g/mol. The Hall–Kier alpha value is -5.10. The van der Waals surface area contributed by atoms with Gasteiger partial charge in [0.25, 0.3) is 5.91 Å². The number of hydrogen-bond acceptors (Lipinski definition) is 9. The Bertz CT molecular complexity index is 1680. The van der Waals surface area contributed by atoms with Gasteiger partial charge in [-0.15, -0.1) is 0 Å². The molecule has 0 saturated heterocycles. The number of unbranched alkanes of at least 4 members (excludes halogenated alkanes) is 1. The van der Waals surface area contributed by atoms with Crippen LogP contribution in [0.1, 0.15) is 77.4 Å². The number of methoxy groups -OCH3 is 1. The fourth-order valence-corrected chi connectivity index (χ4v) is 5.98. The van der Waals surface area contributed by atoms with Crippen molar-refractivity contribution in [1.29, 1.82) is 0 Å². The van der Waals surface area contributed by atoms with Gasteiger partial charge in [-0.25, -0.2) is 14.4 Å². The second kappa shape index (κ2) is 17.3. The third kappa shape index (κ3) is 11.2. The summed E-state index contributed by atoms with van der Waals surface area (Å²) in [6.45, 7) is 6.17. The van der Waals surface area contributed by atoms with E-state index in [4.69, 9.17) is 14.2 Å². The molecule has 0 saturated carbocycles. The van der Waals surface area contributed by atoms with Crippen molar-refractivity contribution in [2.24, 2.45) is 0 Å². The minimum absolute atomic E-state index is 0.164. The highest BCUT2D eigenvalue weighted by Crippen LogP contribution is 2.43. The summed E-state index contributed by atoms with van der Waals surface area (Å²) in [6, 6.07) is 20.7. The number of ketones is 1. The van der Waals surface area contributed by atoms with Crippen LogP contribution in [-0.2, 0) is 32.2 Å². The van der Waals surface area contributed by atoms with Gasteiger partial charge < -0.3 is 30.2 Å². The number of rotatable bonds is 13. The molecule has 258 valence electrons. The Morgan fingerprint density at radius 3 is 2.29 bits per heavy atom. The van der Waals surface area contributed by atoms with Gasteiger partial charge in [0.2, 0.25) is 5.78 Å². The van der Waals surface area contributed by atoms with E-state index in [1.807, 2.05) is 54.6 Å². The number of esters is 1. The van der Waals surface area contributed by atoms with Crippen molar-refractivity contribution in [3.63, 3.8) is 0 Å². The van der Waals surface area contributed by atoms with Gasteiger partial charge in [0, 0.05) is 23.5 Å². The van der Waals surface area contributed by atoms with E-state index in [1.54, 1.807) is 45.0 Å². The monoisotopic (exact) mass is 687 g/mol. The smallest absolute Gasteiger partial charge is 0.407 e. The summed E-state index contributed by atoms with van der Waals surface area (Å²) in [5.74, 6) is -1.30. The van der Waals surface area contributed by atoms with E-state index >= 15 is 0 Å². The SMILES string of the molecule is COC(=O)[C@H](CCCCNC(=O)OCc1ccccc1)NC(=O)c1cccc2c1S/C(=C\c1ccc(CNC(=O)OC(C)(C)C)cc1)C2=O. The molecule has 0 spiro atoms. The van der Waals surface area contributed by atoms with E-state index in [0.717, 1.165) is 16.7 Å². The second-order valence-electron chi connectivity index (χ2n) is 12.3. The maximum Gasteiger partial charge on any atom is 0.407 e. The molecule has 3 N–H and O–H groups in total. The van der Waals surface area contributed by atoms with Crippen LogP contribution in [0.4, 0.5) is 9.59 Å². The van der Waals surface area contributed by atoms with Crippen LogP contribution >= 0.6 is 11.8 Å². The number of nitrogens with one attached hydrogen (secondary N) is 3. The van der Waals surface area contributed by atoms with Crippen LogP contribution in [0.3, 0.4) is 0 Å². The van der Waals surface area contributed by atoms with Gasteiger partial charge in [0.15, 0.2) is 0 Å². The first-order chi connectivity index (χ1) is 23.4. The number of thioether (sulfide) groups is 1. The lowest BCUT2D eigenvalue weighted by molar-refractivity contribution is -0.143. The van der Waals surface area contributed by atoms with Gasteiger partial charge in [-0.05, 0) is 74.9 Å². The third-order valence-electron chi connectivity index (χ3n) is 7.25. The maximum atomic E-state index is 13.4. The lowest BCUT2D eigenvalue weighted by Gasteiger charge is -2.19. The molecule has 49 heavy (non-hydrogen) atoms. The molecule has 11 nitrogen and oxygen atoms in total. The zero-order chi connectivity index (χ0) is 35.4. The fourth-order valence-electron chi connectivity index (χ4n) is 4.83.